The molecule has 0 bridgehead atoms. The third-order valence-electron chi connectivity index (χ3n) is 2.84. The molecule has 3 nitrogen and oxygen atoms in total. The minimum absolute atomic E-state index is 0.540. The molecule has 2 N–H and O–H groups in total. The summed E-state index contributed by atoms with van der Waals surface area (Å²) < 4.78 is 0. The number of nitrogens with zero attached hydrogens (tertiary/aromatic N) is 2. The van der Waals surface area contributed by atoms with Gasteiger partial charge in [-0.15, -0.1) is 0 Å². The van der Waals surface area contributed by atoms with Crippen LogP contribution in [0.4, 0.5) is 0 Å². The lowest BCUT2D eigenvalue weighted by atomic mass is 10.2. The summed E-state index contributed by atoms with van der Waals surface area (Å²) in [5, 5.41) is 0. The van der Waals surface area contributed by atoms with E-state index in [9.17, 15) is 0 Å². The molecule has 1 saturated carbocycles. The molecule has 80 valence electrons. The van der Waals surface area contributed by atoms with Gasteiger partial charge in [-0.2, -0.15) is 11.8 Å². The highest BCUT2D eigenvalue weighted by Crippen LogP contribution is 2.24. The van der Waals surface area contributed by atoms with E-state index in [1.54, 1.807) is 0 Å². The summed E-state index contributed by atoms with van der Waals surface area (Å²) >= 11 is 2.02. The predicted molar refractivity (Wildman–Crippen MR) is 62.8 cm³/mol. The maximum Gasteiger partial charge on any atom is 0.191 e. The Morgan fingerprint density at radius 1 is 1.36 bits per heavy atom. The minimum Gasteiger partial charge on any atom is -0.370 e. The van der Waals surface area contributed by atoms with Crippen molar-refractivity contribution < 1.29 is 0 Å². The van der Waals surface area contributed by atoms with Crippen molar-refractivity contribution in [3.63, 3.8) is 0 Å². The van der Waals surface area contributed by atoms with E-state index < -0.39 is 0 Å². The Bertz CT molecular complexity index is 225. The molecule has 1 atom stereocenters. The molecule has 0 spiro atoms. The molecule has 0 amide bonds. The summed E-state index contributed by atoms with van der Waals surface area (Å²) in [7, 11) is 0. The highest BCUT2D eigenvalue weighted by molar-refractivity contribution is 7.99. The van der Waals surface area contributed by atoms with E-state index in [0.29, 0.717) is 12.1 Å². The Morgan fingerprint density at radius 3 is 2.86 bits per heavy atom. The van der Waals surface area contributed by atoms with Crippen LogP contribution in [0.15, 0.2) is 4.99 Å². The molecule has 0 aromatic heterocycles. The van der Waals surface area contributed by atoms with Crippen molar-refractivity contribution in [1.82, 2.24) is 4.90 Å². The molecule has 1 saturated heterocycles. The largest absolute Gasteiger partial charge is 0.370 e. The topological polar surface area (TPSA) is 41.6 Å². The Kier molecular flexibility index (Phi) is 3.21. The smallest absolute Gasteiger partial charge is 0.191 e. The minimum atomic E-state index is 0.540. The lowest BCUT2D eigenvalue weighted by Crippen LogP contribution is -2.44. The normalized spacial score (nSPS) is 30.2. The Balaban J connectivity index is 1.97. The Morgan fingerprint density at radius 2 is 2.14 bits per heavy atom. The van der Waals surface area contributed by atoms with Crippen molar-refractivity contribution in [1.29, 1.82) is 0 Å². The summed E-state index contributed by atoms with van der Waals surface area (Å²) in [4.78, 5) is 6.79. The number of hydrogen-bond acceptors (Lipinski definition) is 2. The Labute approximate surface area is 90.1 Å². The van der Waals surface area contributed by atoms with Crippen LogP contribution in [0, 0.1) is 0 Å². The van der Waals surface area contributed by atoms with Crippen LogP contribution in [0.1, 0.15) is 26.2 Å². The second-order valence-corrected chi connectivity index (χ2v) is 5.39. The van der Waals surface area contributed by atoms with Gasteiger partial charge >= 0.3 is 0 Å². The molecule has 2 fully saturated rings. The first-order valence-corrected chi connectivity index (χ1v) is 6.60. The van der Waals surface area contributed by atoms with Gasteiger partial charge in [0.05, 0.1) is 6.04 Å². The van der Waals surface area contributed by atoms with Crippen LogP contribution in [0.5, 0.6) is 0 Å². The third kappa shape index (κ3) is 2.56. The van der Waals surface area contributed by atoms with E-state index in [4.69, 9.17) is 5.73 Å². The third-order valence-corrected chi connectivity index (χ3v) is 3.84. The maximum atomic E-state index is 6.02. The molecule has 0 radical (unpaired) electrons. The fourth-order valence-corrected chi connectivity index (χ4v) is 2.74. The first-order valence-electron chi connectivity index (χ1n) is 5.45. The van der Waals surface area contributed by atoms with E-state index >= 15 is 0 Å². The van der Waals surface area contributed by atoms with Crippen molar-refractivity contribution in [2.45, 2.75) is 38.3 Å². The number of rotatable bonds is 1. The maximum absolute atomic E-state index is 6.02. The van der Waals surface area contributed by atoms with E-state index in [0.717, 1.165) is 12.5 Å². The van der Waals surface area contributed by atoms with Gasteiger partial charge in [0, 0.05) is 18.3 Å². The first kappa shape index (κ1) is 10.1. The van der Waals surface area contributed by atoms with E-state index in [-0.39, 0.29) is 0 Å². The van der Waals surface area contributed by atoms with E-state index in [2.05, 4.69) is 16.8 Å². The highest BCUT2D eigenvalue weighted by Gasteiger charge is 2.24. The van der Waals surface area contributed by atoms with Gasteiger partial charge in [-0.05, 0) is 31.9 Å². The first-order chi connectivity index (χ1) is 6.77. The van der Waals surface area contributed by atoms with Gasteiger partial charge in [0.25, 0.3) is 0 Å². The van der Waals surface area contributed by atoms with Gasteiger partial charge in [-0.1, -0.05) is 0 Å². The average molecular weight is 213 g/mol. The van der Waals surface area contributed by atoms with Crippen LogP contribution in [0.25, 0.3) is 0 Å². The van der Waals surface area contributed by atoms with Crippen LogP contribution in [0.2, 0.25) is 0 Å². The summed E-state index contributed by atoms with van der Waals surface area (Å²) in [6.45, 7) is 3.31. The second kappa shape index (κ2) is 4.43. The SMILES string of the molecule is CC1CCSCCN1C(N)=NC1CC1. The summed E-state index contributed by atoms with van der Waals surface area (Å²) in [5.74, 6) is 3.22. The predicted octanol–water partition coefficient (Wildman–Crippen LogP) is 1.29. The second-order valence-electron chi connectivity index (χ2n) is 4.16. The Hall–Kier alpha value is -0.380. The standard InChI is InChI=1S/C10H19N3S/c1-8-4-6-14-7-5-13(8)10(11)12-9-2-3-9/h8-9H,2-7H2,1H3,(H2,11,12). The molecule has 2 rings (SSSR count). The summed E-state index contributed by atoms with van der Waals surface area (Å²) in [6.07, 6.45) is 3.70. The molecule has 0 aromatic carbocycles. The van der Waals surface area contributed by atoms with E-state index in [1.807, 2.05) is 11.8 Å². The molecule has 1 heterocycles. The van der Waals surface area contributed by atoms with Crippen molar-refractivity contribution >= 4 is 17.7 Å². The quantitative estimate of drug-likeness (QED) is 0.527. The fourth-order valence-electron chi connectivity index (χ4n) is 1.70. The molecule has 1 aliphatic carbocycles. The molecule has 0 aromatic rings. The van der Waals surface area contributed by atoms with Crippen molar-refractivity contribution in [2.75, 3.05) is 18.1 Å². The molecule has 1 aliphatic heterocycles. The number of guanidine groups is 1. The lowest BCUT2D eigenvalue weighted by molar-refractivity contribution is 0.341. The number of nitrogens with two attached hydrogens (primary N) is 1. The van der Waals surface area contributed by atoms with Crippen LogP contribution >= 0.6 is 11.8 Å². The van der Waals surface area contributed by atoms with Gasteiger partial charge in [0.15, 0.2) is 5.96 Å². The van der Waals surface area contributed by atoms with Crippen molar-refractivity contribution in [3.8, 4) is 0 Å². The fraction of sp³-hybridized carbons (Fsp3) is 0.900. The molecular weight excluding hydrogens is 194 g/mol. The molecule has 2 aliphatic rings. The van der Waals surface area contributed by atoms with Crippen molar-refractivity contribution in [3.05, 3.63) is 0 Å². The van der Waals surface area contributed by atoms with Gasteiger partial charge in [-0.3, -0.25) is 0 Å². The zero-order chi connectivity index (χ0) is 9.97. The van der Waals surface area contributed by atoms with Crippen molar-refractivity contribution in [2.24, 2.45) is 10.7 Å². The summed E-state index contributed by atoms with van der Waals surface area (Å²) in [5.41, 5.74) is 6.02. The molecule has 14 heavy (non-hydrogen) atoms. The van der Waals surface area contributed by atoms with Gasteiger partial charge in [-0.25, -0.2) is 4.99 Å². The molecule has 4 heteroatoms. The van der Waals surface area contributed by atoms with Crippen LogP contribution < -0.4 is 5.73 Å². The molecule has 1 unspecified atom stereocenters. The number of aliphatic imine (C=N–C) groups is 1. The van der Waals surface area contributed by atoms with Crippen LogP contribution in [-0.2, 0) is 0 Å². The van der Waals surface area contributed by atoms with E-state index in [1.165, 1.54) is 30.8 Å². The van der Waals surface area contributed by atoms with Crippen LogP contribution in [0.3, 0.4) is 0 Å². The number of thioether (sulfide) groups is 1. The molecular formula is C10H19N3S. The lowest BCUT2D eigenvalue weighted by Gasteiger charge is -2.27. The monoisotopic (exact) mass is 213 g/mol. The number of hydrogen-bond donors (Lipinski definition) is 1. The van der Waals surface area contributed by atoms with Crippen LogP contribution in [-0.4, -0.2) is 41.0 Å². The van der Waals surface area contributed by atoms with Gasteiger partial charge < -0.3 is 10.6 Å². The highest BCUT2D eigenvalue weighted by atomic mass is 32.2. The zero-order valence-corrected chi connectivity index (χ0v) is 9.59. The summed E-state index contributed by atoms with van der Waals surface area (Å²) in [6, 6.07) is 1.10. The average Bonchev–Trinajstić information content (AvgIpc) is 2.93. The van der Waals surface area contributed by atoms with Gasteiger partial charge in [0.2, 0.25) is 0 Å². The van der Waals surface area contributed by atoms with Gasteiger partial charge in [0.1, 0.15) is 0 Å². The zero-order valence-electron chi connectivity index (χ0n) is 8.78.